The van der Waals surface area contributed by atoms with Crippen LogP contribution in [0, 0.1) is 11.3 Å². The van der Waals surface area contributed by atoms with Crippen molar-refractivity contribution < 1.29 is 29.0 Å². The molecule has 0 aliphatic carbocycles. The molecule has 0 saturated carbocycles. The highest BCUT2D eigenvalue weighted by atomic mass is 32.1. The van der Waals surface area contributed by atoms with Crippen LogP contribution in [-0.4, -0.2) is 52.8 Å². The lowest BCUT2D eigenvalue weighted by Crippen LogP contribution is -2.61. The van der Waals surface area contributed by atoms with Crippen LogP contribution in [0.5, 0.6) is 0 Å². The first kappa shape index (κ1) is 23.7. The molecule has 0 bridgehead atoms. The van der Waals surface area contributed by atoms with Gasteiger partial charge in [0.25, 0.3) is 0 Å². The number of nitrogens with two attached hydrogens (primary N) is 2. The summed E-state index contributed by atoms with van der Waals surface area (Å²) in [4.78, 5) is 43.7. The second-order valence-electron chi connectivity index (χ2n) is 8.85. The smallest absolute Gasteiger partial charge is 0.358 e. The van der Waals surface area contributed by atoms with Crippen molar-refractivity contribution >= 4 is 40.7 Å². The highest BCUT2D eigenvalue weighted by molar-refractivity contribution is 7.10. The predicted octanol–water partition coefficient (Wildman–Crippen LogP) is 0.934. The first-order valence-electron chi connectivity index (χ1n) is 10.1. The Balaban J connectivity index is 1.84. The van der Waals surface area contributed by atoms with Gasteiger partial charge in [0, 0.05) is 4.88 Å². The molecule has 32 heavy (non-hydrogen) atoms. The molecule has 1 aromatic rings. The number of β-lactam (4-membered cyclic amide) rings is 1. The molecular formula is C21H28N4O6S. The SMILES string of the molecule is C[C@@H](O)[C@H]1C(=O)N2C(C(=O)OCOC(=O)C(C)(C)C)=C(c3csc(CN=C(N)N)c3)C[C@H]12. The van der Waals surface area contributed by atoms with Gasteiger partial charge in [0.15, 0.2) is 5.96 Å². The molecule has 174 valence electrons. The fourth-order valence-electron chi connectivity index (χ4n) is 3.73. The Morgan fingerprint density at radius 1 is 1.34 bits per heavy atom. The molecule has 1 aromatic heterocycles. The number of fused-ring (bicyclic) bond motifs is 1. The average molecular weight is 465 g/mol. The van der Waals surface area contributed by atoms with E-state index < -0.39 is 36.2 Å². The van der Waals surface area contributed by atoms with Gasteiger partial charge in [0.1, 0.15) is 5.70 Å². The van der Waals surface area contributed by atoms with Crippen molar-refractivity contribution in [2.45, 2.75) is 52.8 Å². The van der Waals surface area contributed by atoms with Crippen LogP contribution in [0.25, 0.3) is 5.57 Å². The zero-order valence-electron chi connectivity index (χ0n) is 18.5. The minimum atomic E-state index is -0.840. The van der Waals surface area contributed by atoms with E-state index in [1.54, 1.807) is 27.7 Å². The summed E-state index contributed by atoms with van der Waals surface area (Å²) in [5, 5.41) is 11.9. The number of thiophene rings is 1. The number of hydrogen-bond acceptors (Lipinski definition) is 8. The summed E-state index contributed by atoms with van der Waals surface area (Å²) in [6.45, 7) is 6.35. The lowest BCUT2D eigenvalue weighted by atomic mass is 9.82. The number of ether oxygens (including phenoxy) is 2. The molecule has 11 heteroatoms. The molecule has 0 radical (unpaired) electrons. The molecule has 3 atom stereocenters. The van der Waals surface area contributed by atoms with Gasteiger partial charge < -0.3 is 30.9 Å². The molecule has 2 aliphatic rings. The van der Waals surface area contributed by atoms with E-state index in [9.17, 15) is 19.5 Å². The quantitative estimate of drug-likeness (QED) is 0.177. The Hall–Kier alpha value is -2.92. The van der Waals surface area contributed by atoms with E-state index in [1.165, 1.54) is 16.2 Å². The van der Waals surface area contributed by atoms with Crippen LogP contribution in [0.4, 0.5) is 0 Å². The zero-order valence-corrected chi connectivity index (χ0v) is 19.3. The molecule has 0 spiro atoms. The molecule has 0 aromatic carbocycles. The number of carbonyl (C=O) groups excluding carboxylic acids is 3. The van der Waals surface area contributed by atoms with Crippen molar-refractivity contribution in [1.82, 2.24) is 4.90 Å². The van der Waals surface area contributed by atoms with Crippen LogP contribution in [0.1, 0.15) is 44.6 Å². The second kappa shape index (κ2) is 8.91. The van der Waals surface area contributed by atoms with E-state index in [2.05, 4.69) is 4.99 Å². The number of aliphatic hydroxyl groups is 1. The highest BCUT2D eigenvalue weighted by Crippen LogP contribution is 2.47. The Morgan fingerprint density at radius 3 is 2.62 bits per heavy atom. The van der Waals surface area contributed by atoms with E-state index in [0.717, 1.165) is 10.4 Å². The molecule has 2 aliphatic heterocycles. The number of guanidine groups is 1. The fourth-order valence-corrected chi connectivity index (χ4v) is 4.55. The largest absolute Gasteiger partial charge is 0.427 e. The van der Waals surface area contributed by atoms with Gasteiger partial charge >= 0.3 is 11.9 Å². The third-order valence-electron chi connectivity index (χ3n) is 5.33. The van der Waals surface area contributed by atoms with Gasteiger partial charge in [-0.1, -0.05) is 0 Å². The van der Waals surface area contributed by atoms with Gasteiger partial charge in [0.2, 0.25) is 12.7 Å². The topological polar surface area (TPSA) is 158 Å². The van der Waals surface area contributed by atoms with Gasteiger partial charge in [-0.25, -0.2) is 9.79 Å². The lowest BCUT2D eigenvalue weighted by Gasteiger charge is -2.44. The molecule has 1 amide bonds. The van der Waals surface area contributed by atoms with Crippen molar-refractivity contribution in [2.24, 2.45) is 27.8 Å². The summed E-state index contributed by atoms with van der Waals surface area (Å²) >= 11 is 1.42. The minimum Gasteiger partial charge on any atom is -0.427 e. The predicted molar refractivity (Wildman–Crippen MR) is 118 cm³/mol. The van der Waals surface area contributed by atoms with Gasteiger partial charge in [0.05, 0.1) is 30.0 Å². The minimum absolute atomic E-state index is 0.0244. The van der Waals surface area contributed by atoms with Gasteiger partial charge in [-0.3, -0.25) is 9.59 Å². The molecule has 1 fully saturated rings. The summed E-state index contributed by atoms with van der Waals surface area (Å²) in [6, 6.07) is 1.52. The summed E-state index contributed by atoms with van der Waals surface area (Å²) in [5.74, 6) is -2.23. The lowest BCUT2D eigenvalue weighted by molar-refractivity contribution is -0.175. The summed E-state index contributed by atoms with van der Waals surface area (Å²) in [7, 11) is 0. The van der Waals surface area contributed by atoms with Crippen LogP contribution < -0.4 is 11.5 Å². The number of nitrogens with zero attached hydrogens (tertiary/aromatic N) is 2. The van der Waals surface area contributed by atoms with E-state index in [4.69, 9.17) is 20.9 Å². The average Bonchev–Trinajstić information content (AvgIpc) is 3.27. The maximum Gasteiger partial charge on any atom is 0.358 e. The van der Waals surface area contributed by atoms with Crippen LogP contribution in [0.2, 0.25) is 0 Å². The number of amides is 1. The molecule has 3 rings (SSSR count). The van der Waals surface area contributed by atoms with Gasteiger partial charge in [-0.2, -0.15) is 0 Å². The number of aliphatic hydroxyl groups excluding tert-OH is 1. The van der Waals surface area contributed by atoms with E-state index in [0.29, 0.717) is 18.5 Å². The maximum absolute atomic E-state index is 12.9. The molecule has 5 N–H and O–H groups in total. The number of carbonyl (C=O) groups is 3. The highest BCUT2D eigenvalue weighted by Gasteiger charge is 2.57. The van der Waals surface area contributed by atoms with Gasteiger partial charge in [-0.05, 0) is 56.7 Å². The van der Waals surface area contributed by atoms with E-state index in [-0.39, 0.29) is 23.6 Å². The van der Waals surface area contributed by atoms with Crippen molar-refractivity contribution in [2.75, 3.05) is 6.79 Å². The number of rotatable bonds is 7. The maximum atomic E-state index is 12.9. The van der Waals surface area contributed by atoms with Crippen molar-refractivity contribution in [3.63, 3.8) is 0 Å². The van der Waals surface area contributed by atoms with E-state index in [1.807, 2.05) is 11.4 Å². The Bertz CT molecular complexity index is 987. The van der Waals surface area contributed by atoms with Crippen LogP contribution >= 0.6 is 11.3 Å². The summed E-state index contributed by atoms with van der Waals surface area (Å²) in [6.07, 6.45) is -0.445. The zero-order chi connectivity index (χ0) is 23.8. The number of hydrogen-bond donors (Lipinski definition) is 3. The third kappa shape index (κ3) is 4.63. The first-order valence-corrected chi connectivity index (χ1v) is 11.0. The molecule has 1 saturated heterocycles. The Morgan fingerprint density at radius 2 is 2.03 bits per heavy atom. The Labute approximate surface area is 189 Å². The van der Waals surface area contributed by atoms with E-state index >= 15 is 0 Å². The van der Waals surface area contributed by atoms with Crippen LogP contribution in [0.3, 0.4) is 0 Å². The summed E-state index contributed by atoms with van der Waals surface area (Å²) in [5.41, 5.74) is 11.5. The normalized spacial score (nSPS) is 21.0. The van der Waals surface area contributed by atoms with Crippen molar-refractivity contribution in [3.05, 3.63) is 27.6 Å². The molecule has 0 unspecified atom stereocenters. The number of aliphatic imine (C=N–C) groups is 1. The standard InChI is InChI=1S/C21H28N4O6S/c1-10(26)15-14-6-13(11-5-12(32-8-11)7-24-20(22)23)16(25(14)17(15)27)18(28)30-9-31-19(29)21(2,3)4/h5,8,10,14-15,26H,6-7,9H2,1-4H3,(H4,22,23,24)/t10-,14-,15-/m1/s1. The Kier molecular flexibility index (Phi) is 6.61. The van der Waals surface area contributed by atoms with Crippen LogP contribution in [0.15, 0.2) is 22.1 Å². The van der Waals surface area contributed by atoms with Crippen molar-refractivity contribution in [3.8, 4) is 0 Å². The number of esters is 2. The molecular weight excluding hydrogens is 436 g/mol. The second-order valence-corrected chi connectivity index (χ2v) is 9.84. The molecule has 10 nitrogen and oxygen atoms in total. The van der Waals surface area contributed by atoms with Crippen LogP contribution in [-0.2, 0) is 30.4 Å². The first-order chi connectivity index (χ1) is 14.9. The fraction of sp³-hybridized carbons (Fsp3) is 0.524. The monoisotopic (exact) mass is 464 g/mol. The molecule has 3 heterocycles. The summed E-state index contributed by atoms with van der Waals surface area (Å²) < 4.78 is 10.2. The third-order valence-corrected chi connectivity index (χ3v) is 6.26. The van der Waals surface area contributed by atoms with Crippen molar-refractivity contribution in [1.29, 1.82) is 0 Å². The van der Waals surface area contributed by atoms with Gasteiger partial charge in [-0.15, -0.1) is 11.3 Å².